The molecule has 1 heterocycles. The number of rotatable bonds is 4. The number of amides is 1. The molecule has 0 saturated carbocycles. The molecule has 1 amide bonds. The second-order valence-corrected chi connectivity index (χ2v) is 5.75. The predicted octanol–water partition coefficient (Wildman–Crippen LogP) is 3.42. The lowest BCUT2D eigenvalue weighted by atomic mass is 10.1. The van der Waals surface area contributed by atoms with Crippen LogP contribution in [0.3, 0.4) is 0 Å². The molecule has 2 aromatic carbocycles. The van der Waals surface area contributed by atoms with Gasteiger partial charge >= 0.3 is 12.3 Å². The Morgan fingerprint density at radius 1 is 1.04 bits per heavy atom. The van der Waals surface area contributed by atoms with Gasteiger partial charge in [-0.2, -0.15) is 0 Å². The van der Waals surface area contributed by atoms with E-state index in [9.17, 15) is 18.4 Å². The number of benzene rings is 2. The smallest absolute Gasteiger partial charge is 0.452 e. The number of esters is 1. The van der Waals surface area contributed by atoms with Gasteiger partial charge in [0.25, 0.3) is 5.91 Å². The molecule has 1 N–H and O–H groups in total. The summed E-state index contributed by atoms with van der Waals surface area (Å²) >= 11 is 0. The van der Waals surface area contributed by atoms with Crippen molar-refractivity contribution in [1.29, 1.82) is 0 Å². The van der Waals surface area contributed by atoms with Gasteiger partial charge in [0.05, 0.1) is 5.56 Å². The molecular weight excluding hydrogens is 348 g/mol. The van der Waals surface area contributed by atoms with E-state index in [-0.39, 0.29) is 17.2 Å². The molecule has 0 unspecified atom stereocenters. The van der Waals surface area contributed by atoms with Crippen molar-refractivity contribution in [3.05, 3.63) is 53.1 Å². The second-order valence-electron chi connectivity index (χ2n) is 5.75. The summed E-state index contributed by atoms with van der Waals surface area (Å²) in [5.74, 6) is -1.57. The highest BCUT2D eigenvalue weighted by Gasteiger charge is 2.43. The van der Waals surface area contributed by atoms with E-state index >= 15 is 0 Å². The molecule has 8 heteroatoms. The highest BCUT2D eigenvalue weighted by atomic mass is 19.3. The topological polar surface area (TPSA) is 73.9 Å². The monoisotopic (exact) mass is 363 g/mol. The van der Waals surface area contributed by atoms with Crippen LogP contribution in [0.4, 0.5) is 14.5 Å². The summed E-state index contributed by atoms with van der Waals surface area (Å²) in [7, 11) is 0. The summed E-state index contributed by atoms with van der Waals surface area (Å²) in [5, 5.41) is 2.43. The number of nitrogens with one attached hydrogen (secondary N) is 1. The first-order valence-electron chi connectivity index (χ1n) is 7.68. The minimum Gasteiger partial charge on any atom is -0.452 e. The quantitative estimate of drug-likeness (QED) is 0.843. The summed E-state index contributed by atoms with van der Waals surface area (Å²) in [6.07, 6.45) is -3.73. The number of alkyl halides is 2. The Hall–Kier alpha value is -3.16. The Balaban J connectivity index is 1.56. The molecule has 1 aliphatic rings. The fourth-order valence-corrected chi connectivity index (χ4v) is 2.31. The zero-order valence-electron chi connectivity index (χ0n) is 14.0. The molecule has 0 atom stereocenters. The van der Waals surface area contributed by atoms with Gasteiger partial charge in [0, 0.05) is 11.8 Å². The maximum Gasteiger partial charge on any atom is 0.586 e. The molecule has 3 rings (SSSR count). The molecule has 2 aromatic rings. The van der Waals surface area contributed by atoms with Gasteiger partial charge in [0.15, 0.2) is 18.1 Å². The summed E-state index contributed by atoms with van der Waals surface area (Å²) < 4.78 is 39.5. The molecule has 1 aliphatic heterocycles. The minimum atomic E-state index is -3.73. The number of hydrogen-bond donors (Lipinski definition) is 1. The van der Waals surface area contributed by atoms with E-state index in [1.54, 1.807) is 18.2 Å². The zero-order chi connectivity index (χ0) is 18.9. The van der Waals surface area contributed by atoms with Crippen LogP contribution in [0.5, 0.6) is 11.5 Å². The standard InChI is InChI=1S/C18H15F2NO5/c1-10-3-4-12(7-11(10)2)17(23)24-9-16(22)21-13-5-6-14-15(8-13)26-18(19,20)25-14/h3-8H,9H2,1-2H3,(H,21,22). The van der Waals surface area contributed by atoms with E-state index in [2.05, 4.69) is 14.8 Å². The van der Waals surface area contributed by atoms with Crippen LogP contribution in [-0.2, 0) is 9.53 Å². The van der Waals surface area contributed by atoms with Crippen LogP contribution >= 0.6 is 0 Å². The van der Waals surface area contributed by atoms with E-state index in [1.807, 2.05) is 13.8 Å². The van der Waals surface area contributed by atoms with Crippen LogP contribution in [0.1, 0.15) is 21.5 Å². The van der Waals surface area contributed by atoms with Gasteiger partial charge < -0.3 is 19.5 Å². The lowest BCUT2D eigenvalue weighted by molar-refractivity contribution is -0.286. The Morgan fingerprint density at radius 3 is 2.50 bits per heavy atom. The number of aryl methyl sites for hydroxylation is 2. The van der Waals surface area contributed by atoms with Crippen molar-refractivity contribution >= 4 is 17.6 Å². The Kier molecular flexibility index (Phi) is 4.50. The fourth-order valence-electron chi connectivity index (χ4n) is 2.31. The van der Waals surface area contributed by atoms with Crippen molar-refractivity contribution in [2.24, 2.45) is 0 Å². The van der Waals surface area contributed by atoms with Crippen LogP contribution in [0.2, 0.25) is 0 Å². The summed E-state index contributed by atoms with van der Waals surface area (Å²) in [6.45, 7) is 3.26. The first-order valence-corrected chi connectivity index (χ1v) is 7.68. The van der Waals surface area contributed by atoms with Crippen molar-refractivity contribution in [2.45, 2.75) is 20.1 Å². The molecule has 136 valence electrons. The van der Waals surface area contributed by atoms with E-state index in [1.165, 1.54) is 18.2 Å². The third-order valence-electron chi connectivity index (χ3n) is 3.76. The van der Waals surface area contributed by atoms with Crippen molar-refractivity contribution in [3.8, 4) is 11.5 Å². The molecule has 0 aliphatic carbocycles. The van der Waals surface area contributed by atoms with E-state index in [4.69, 9.17) is 4.74 Å². The highest BCUT2D eigenvalue weighted by Crippen LogP contribution is 2.42. The Morgan fingerprint density at radius 2 is 1.77 bits per heavy atom. The molecule has 0 radical (unpaired) electrons. The molecule has 0 bridgehead atoms. The average Bonchev–Trinajstić information content (AvgIpc) is 2.88. The molecule has 0 fully saturated rings. The van der Waals surface area contributed by atoms with Crippen molar-refractivity contribution < 1.29 is 32.6 Å². The van der Waals surface area contributed by atoms with Crippen LogP contribution in [-0.4, -0.2) is 24.8 Å². The molecule has 6 nitrogen and oxygen atoms in total. The number of carbonyl (C=O) groups is 2. The van der Waals surface area contributed by atoms with Gasteiger partial charge in [-0.05, 0) is 49.2 Å². The fraction of sp³-hybridized carbons (Fsp3) is 0.222. The van der Waals surface area contributed by atoms with E-state index < -0.39 is 24.8 Å². The lowest BCUT2D eigenvalue weighted by Crippen LogP contribution is -2.25. The van der Waals surface area contributed by atoms with Crippen LogP contribution in [0.25, 0.3) is 0 Å². The minimum absolute atomic E-state index is 0.130. The van der Waals surface area contributed by atoms with Crippen molar-refractivity contribution in [1.82, 2.24) is 0 Å². The molecule has 0 spiro atoms. The van der Waals surface area contributed by atoms with Gasteiger partial charge in [-0.1, -0.05) is 6.07 Å². The molecule has 26 heavy (non-hydrogen) atoms. The number of carbonyl (C=O) groups excluding carboxylic acids is 2. The van der Waals surface area contributed by atoms with Crippen molar-refractivity contribution in [2.75, 3.05) is 11.9 Å². The first kappa shape index (κ1) is 17.7. The molecule has 0 aromatic heterocycles. The van der Waals surface area contributed by atoms with Gasteiger partial charge in [-0.25, -0.2) is 4.79 Å². The first-order chi connectivity index (χ1) is 12.2. The maximum atomic E-state index is 13.0. The summed E-state index contributed by atoms with van der Waals surface area (Å²) in [6, 6.07) is 8.88. The van der Waals surface area contributed by atoms with Crippen LogP contribution < -0.4 is 14.8 Å². The number of ether oxygens (including phenoxy) is 3. The average molecular weight is 363 g/mol. The van der Waals surface area contributed by atoms with Gasteiger partial charge in [-0.3, -0.25) is 4.79 Å². The van der Waals surface area contributed by atoms with Gasteiger partial charge in [-0.15, -0.1) is 8.78 Å². The summed E-state index contributed by atoms with van der Waals surface area (Å²) in [5.41, 5.74) is 2.51. The van der Waals surface area contributed by atoms with Gasteiger partial charge in [0.1, 0.15) is 0 Å². The SMILES string of the molecule is Cc1ccc(C(=O)OCC(=O)Nc2ccc3c(c2)OC(F)(F)O3)cc1C. The number of fused-ring (bicyclic) bond motifs is 1. The predicted molar refractivity (Wildman–Crippen MR) is 87.5 cm³/mol. The number of halogens is 2. The molecular formula is C18H15F2NO5. The third-order valence-corrected chi connectivity index (χ3v) is 3.76. The largest absolute Gasteiger partial charge is 0.586 e. The van der Waals surface area contributed by atoms with Crippen molar-refractivity contribution in [3.63, 3.8) is 0 Å². The van der Waals surface area contributed by atoms with E-state index in [0.29, 0.717) is 5.56 Å². The number of anilines is 1. The lowest BCUT2D eigenvalue weighted by Gasteiger charge is -2.08. The maximum absolute atomic E-state index is 13.0. The zero-order valence-corrected chi connectivity index (χ0v) is 14.0. The normalized spacial score (nSPS) is 14.0. The van der Waals surface area contributed by atoms with Gasteiger partial charge in [0.2, 0.25) is 0 Å². The highest BCUT2D eigenvalue weighted by molar-refractivity contribution is 5.95. The van der Waals surface area contributed by atoms with Crippen LogP contribution in [0, 0.1) is 13.8 Å². The Bertz CT molecular complexity index is 882. The van der Waals surface area contributed by atoms with E-state index in [0.717, 1.165) is 11.1 Å². The number of hydrogen-bond acceptors (Lipinski definition) is 5. The third kappa shape index (κ3) is 3.90. The second kappa shape index (κ2) is 6.62. The Labute approximate surface area is 147 Å². The summed E-state index contributed by atoms with van der Waals surface area (Å²) in [4.78, 5) is 23.9. The molecule has 0 saturated heterocycles. The van der Waals surface area contributed by atoms with Crippen LogP contribution in [0.15, 0.2) is 36.4 Å².